The predicted molar refractivity (Wildman–Crippen MR) is 71.6 cm³/mol. The quantitative estimate of drug-likeness (QED) is 0.702. The maximum Gasteiger partial charge on any atom is 0.241 e. The lowest BCUT2D eigenvalue weighted by Crippen LogP contribution is -2.35. The average Bonchev–Trinajstić information content (AvgIpc) is 2.38. The van der Waals surface area contributed by atoms with Crippen LogP contribution < -0.4 is 21.1 Å². The smallest absolute Gasteiger partial charge is 0.241 e. The van der Waals surface area contributed by atoms with Crippen molar-refractivity contribution >= 4 is 17.4 Å². The zero-order chi connectivity index (χ0) is 13.5. The first-order valence-corrected chi connectivity index (χ1v) is 5.96. The summed E-state index contributed by atoms with van der Waals surface area (Å²) in [6.07, 6.45) is 0.882. The summed E-state index contributed by atoms with van der Waals surface area (Å²) in [7, 11) is 1.59. The van der Waals surface area contributed by atoms with Crippen LogP contribution in [0.5, 0.6) is 5.88 Å². The summed E-state index contributed by atoms with van der Waals surface area (Å²) in [5, 5.41) is 5.54. The van der Waals surface area contributed by atoms with Crippen LogP contribution in [0.2, 0.25) is 0 Å². The van der Waals surface area contributed by atoms with Crippen molar-refractivity contribution in [1.29, 1.82) is 0 Å². The molecule has 1 heterocycles. The van der Waals surface area contributed by atoms with Crippen molar-refractivity contribution in [2.45, 2.75) is 26.3 Å². The third kappa shape index (κ3) is 3.80. The maximum atomic E-state index is 11.4. The molecule has 1 unspecified atom stereocenters. The van der Waals surface area contributed by atoms with E-state index in [4.69, 9.17) is 10.5 Å². The second-order valence-corrected chi connectivity index (χ2v) is 3.92. The minimum atomic E-state index is -0.370. The number of carbonyl (C=O) groups excluding carboxylic acids is 1. The van der Waals surface area contributed by atoms with Crippen LogP contribution >= 0.6 is 0 Å². The van der Waals surface area contributed by atoms with Crippen LogP contribution in [0.25, 0.3) is 0 Å². The summed E-state index contributed by atoms with van der Waals surface area (Å²) in [6.45, 7) is 4.32. The van der Waals surface area contributed by atoms with Crippen molar-refractivity contribution in [1.82, 2.24) is 10.3 Å². The highest BCUT2D eigenvalue weighted by Crippen LogP contribution is 2.21. The SMILES string of the molecule is CCCOc1nc(NC(C)C(=O)NC)ccc1N. The molecule has 0 aliphatic carbocycles. The van der Waals surface area contributed by atoms with Crippen molar-refractivity contribution in [3.05, 3.63) is 12.1 Å². The second-order valence-electron chi connectivity index (χ2n) is 3.92. The molecule has 18 heavy (non-hydrogen) atoms. The highest BCUT2D eigenvalue weighted by molar-refractivity contribution is 5.83. The zero-order valence-electron chi connectivity index (χ0n) is 11.0. The number of nitrogen functional groups attached to an aromatic ring is 1. The van der Waals surface area contributed by atoms with Crippen LogP contribution in [0.3, 0.4) is 0 Å². The molecule has 0 saturated heterocycles. The Hall–Kier alpha value is -1.98. The van der Waals surface area contributed by atoms with Crippen molar-refractivity contribution in [3.63, 3.8) is 0 Å². The van der Waals surface area contributed by atoms with E-state index in [0.29, 0.717) is 24.0 Å². The largest absolute Gasteiger partial charge is 0.476 e. The molecule has 0 fully saturated rings. The van der Waals surface area contributed by atoms with E-state index in [1.54, 1.807) is 26.1 Å². The van der Waals surface area contributed by atoms with E-state index in [-0.39, 0.29) is 11.9 Å². The Labute approximate surface area is 107 Å². The second kappa shape index (κ2) is 6.68. The van der Waals surface area contributed by atoms with Gasteiger partial charge in [-0.1, -0.05) is 6.92 Å². The normalized spacial score (nSPS) is 11.7. The lowest BCUT2D eigenvalue weighted by Gasteiger charge is -2.14. The number of amides is 1. The number of nitrogens with zero attached hydrogens (tertiary/aromatic N) is 1. The first-order valence-electron chi connectivity index (χ1n) is 5.96. The molecule has 0 aromatic carbocycles. The third-order valence-corrected chi connectivity index (χ3v) is 2.34. The van der Waals surface area contributed by atoms with Crippen molar-refractivity contribution in [2.75, 3.05) is 24.7 Å². The maximum absolute atomic E-state index is 11.4. The minimum Gasteiger partial charge on any atom is -0.476 e. The number of aromatic nitrogens is 1. The Morgan fingerprint density at radius 1 is 1.56 bits per heavy atom. The first-order chi connectivity index (χ1) is 8.58. The van der Waals surface area contributed by atoms with Crippen LogP contribution in [-0.2, 0) is 4.79 Å². The molecular formula is C12H20N4O2. The van der Waals surface area contributed by atoms with Gasteiger partial charge in [0.15, 0.2) is 0 Å². The molecule has 1 aromatic rings. The van der Waals surface area contributed by atoms with Crippen LogP contribution in [0.4, 0.5) is 11.5 Å². The van der Waals surface area contributed by atoms with Gasteiger partial charge in [0, 0.05) is 7.05 Å². The van der Waals surface area contributed by atoms with Crippen LogP contribution in [0.15, 0.2) is 12.1 Å². The van der Waals surface area contributed by atoms with E-state index in [0.717, 1.165) is 6.42 Å². The van der Waals surface area contributed by atoms with Gasteiger partial charge in [0.2, 0.25) is 11.8 Å². The van der Waals surface area contributed by atoms with Gasteiger partial charge in [-0.25, -0.2) is 0 Å². The number of pyridine rings is 1. The van der Waals surface area contributed by atoms with Gasteiger partial charge in [-0.15, -0.1) is 0 Å². The molecule has 6 nitrogen and oxygen atoms in total. The minimum absolute atomic E-state index is 0.107. The number of nitrogens with two attached hydrogens (primary N) is 1. The Balaban J connectivity index is 2.75. The van der Waals surface area contributed by atoms with Crippen LogP contribution in [0.1, 0.15) is 20.3 Å². The molecule has 0 spiro atoms. The molecule has 6 heteroatoms. The summed E-state index contributed by atoms with van der Waals surface area (Å²) >= 11 is 0. The van der Waals surface area contributed by atoms with Gasteiger partial charge < -0.3 is 21.1 Å². The van der Waals surface area contributed by atoms with Crippen molar-refractivity contribution in [3.8, 4) is 5.88 Å². The molecule has 0 radical (unpaired) electrons. The van der Waals surface area contributed by atoms with E-state index in [1.807, 2.05) is 6.92 Å². The number of hydrogen-bond donors (Lipinski definition) is 3. The highest BCUT2D eigenvalue weighted by atomic mass is 16.5. The molecule has 4 N–H and O–H groups in total. The first kappa shape index (κ1) is 14.1. The summed E-state index contributed by atoms with van der Waals surface area (Å²) in [6, 6.07) is 3.05. The molecule has 1 atom stereocenters. The molecule has 0 saturated carbocycles. The van der Waals surface area contributed by atoms with E-state index in [9.17, 15) is 4.79 Å². The summed E-state index contributed by atoms with van der Waals surface area (Å²) in [5.41, 5.74) is 6.24. The van der Waals surface area contributed by atoms with E-state index in [1.165, 1.54) is 0 Å². The van der Waals surface area contributed by atoms with Gasteiger partial charge in [0.1, 0.15) is 11.9 Å². The fraction of sp³-hybridized carbons (Fsp3) is 0.500. The third-order valence-electron chi connectivity index (χ3n) is 2.34. The van der Waals surface area contributed by atoms with Gasteiger partial charge in [0.05, 0.1) is 12.3 Å². The van der Waals surface area contributed by atoms with Crippen molar-refractivity contribution < 1.29 is 9.53 Å². The van der Waals surface area contributed by atoms with E-state index in [2.05, 4.69) is 15.6 Å². The average molecular weight is 252 g/mol. The zero-order valence-corrected chi connectivity index (χ0v) is 11.0. The number of hydrogen-bond acceptors (Lipinski definition) is 5. The Bertz CT molecular complexity index is 409. The molecule has 1 rings (SSSR count). The fourth-order valence-electron chi connectivity index (χ4n) is 1.35. The van der Waals surface area contributed by atoms with Gasteiger partial charge in [0.25, 0.3) is 0 Å². The number of carbonyl (C=O) groups is 1. The van der Waals surface area contributed by atoms with E-state index >= 15 is 0 Å². The topological polar surface area (TPSA) is 89.3 Å². The predicted octanol–water partition coefficient (Wildman–Crippen LogP) is 0.999. The Kier molecular flexibility index (Phi) is 5.23. The van der Waals surface area contributed by atoms with Crippen molar-refractivity contribution in [2.24, 2.45) is 0 Å². The molecule has 0 aliphatic rings. The standard InChI is InChI=1S/C12H20N4O2/c1-4-7-18-12-9(13)5-6-10(16-12)15-8(2)11(17)14-3/h5-6,8H,4,7,13H2,1-3H3,(H,14,17)(H,15,16). The molecule has 1 amide bonds. The number of ether oxygens (including phenoxy) is 1. The molecule has 1 aromatic heterocycles. The fourth-order valence-corrected chi connectivity index (χ4v) is 1.35. The van der Waals surface area contributed by atoms with E-state index < -0.39 is 0 Å². The Morgan fingerprint density at radius 2 is 2.28 bits per heavy atom. The van der Waals surface area contributed by atoms with Gasteiger partial charge in [-0.05, 0) is 25.5 Å². The van der Waals surface area contributed by atoms with Crippen LogP contribution in [-0.4, -0.2) is 30.6 Å². The summed E-state index contributed by atoms with van der Waals surface area (Å²) in [4.78, 5) is 15.6. The highest BCUT2D eigenvalue weighted by Gasteiger charge is 2.12. The molecule has 0 bridgehead atoms. The molecule has 100 valence electrons. The number of anilines is 2. The lowest BCUT2D eigenvalue weighted by atomic mass is 10.3. The lowest BCUT2D eigenvalue weighted by molar-refractivity contribution is -0.121. The summed E-state index contributed by atoms with van der Waals surface area (Å²) in [5.74, 6) is 0.849. The molecule has 0 aliphatic heterocycles. The molecular weight excluding hydrogens is 232 g/mol. The van der Waals surface area contributed by atoms with Gasteiger partial charge >= 0.3 is 0 Å². The van der Waals surface area contributed by atoms with Gasteiger partial charge in [-0.3, -0.25) is 4.79 Å². The number of nitrogens with one attached hydrogen (secondary N) is 2. The number of likely N-dealkylation sites (N-methyl/N-ethyl adjacent to an activating group) is 1. The Morgan fingerprint density at radius 3 is 2.89 bits per heavy atom. The number of rotatable bonds is 6. The van der Waals surface area contributed by atoms with Crippen LogP contribution in [0, 0.1) is 0 Å². The van der Waals surface area contributed by atoms with Gasteiger partial charge in [-0.2, -0.15) is 4.98 Å². The summed E-state index contributed by atoms with van der Waals surface area (Å²) < 4.78 is 5.42. The monoisotopic (exact) mass is 252 g/mol.